The van der Waals surface area contributed by atoms with Gasteiger partial charge in [0.25, 0.3) is 0 Å². The van der Waals surface area contributed by atoms with Crippen LogP contribution in [-0.4, -0.2) is 77.3 Å². The van der Waals surface area contributed by atoms with E-state index in [1.807, 2.05) is 80.8 Å². The second-order valence-electron chi connectivity index (χ2n) is 12.5. The van der Waals surface area contributed by atoms with Crippen molar-refractivity contribution in [3.8, 4) is 22.8 Å². The molecule has 236 valence electrons. The molecule has 5 atom stereocenters. The van der Waals surface area contributed by atoms with E-state index in [0.29, 0.717) is 36.4 Å². The molecule has 10 nitrogen and oxygen atoms in total. The van der Waals surface area contributed by atoms with Crippen LogP contribution in [0.5, 0.6) is 11.5 Å². The number of hydrogen-bond acceptors (Lipinski definition) is 7. The van der Waals surface area contributed by atoms with E-state index in [0.717, 1.165) is 35.9 Å². The van der Waals surface area contributed by atoms with E-state index < -0.39 is 35.4 Å². The highest BCUT2D eigenvalue weighted by atomic mass is 16.5. The van der Waals surface area contributed by atoms with Gasteiger partial charge in [0.2, 0.25) is 11.8 Å². The molecule has 6 rings (SSSR count). The Bertz CT molecular complexity index is 1630. The summed E-state index contributed by atoms with van der Waals surface area (Å²) in [6.07, 6.45) is 6.85. The standard InChI is InChI=1S/C35H40N4O6/c1-38(2)39-16-10-5-4-9-13-23-21-35(23,34(42)43)37-32(40)27-17-25(18-28(27)33(39)41)45-31-20-29(22-11-7-6-8-12-22)36-30-19-24(44-3)14-15-26(30)31/h6-9,11-15,19-20,23,25,27-28H,4-5,10,16-18,21H2,1-3H3,(H,37,40)(H,42,43)/t23?,25-,27-,28-,35?/m1/s1. The molecular weight excluding hydrogens is 572 g/mol. The van der Waals surface area contributed by atoms with Gasteiger partial charge in [-0.1, -0.05) is 42.5 Å². The number of hydrazine groups is 1. The molecule has 2 aliphatic carbocycles. The Balaban J connectivity index is 1.35. The molecule has 0 radical (unpaired) electrons. The average Bonchev–Trinajstić information content (AvgIpc) is 3.57. The zero-order valence-electron chi connectivity index (χ0n) is 25.9. The summed E-state index contributed by atoms with van der Waals surface area (Å²) in [4.78, 5) is 45.2. The molecule has 1 aliphatic heterocycles. The van der Waals surface area contributed by atoms with Crippen LogP contribution in [0, 0.1) is 17.8 Å². The minimum absolute atomic E-state index is 0.148. The van der Waals surface area contributed by atoms with Crippen LogP contribution in [0.3, 0.4) is 0 Å². The number of carbonyl (C=O) groups is 3. The van der Waals surface area contributed by atoms with Gasteiger partial charge in [-0.05, 0) is 50.7 Å². The normalized spacial score (nSPS) is 27.0. The van der Waals surface area contributed by atoms with E-state index >= 15 is 0 Å². The molecule has 3 aromatic rings. The fraction of sp³-hybridized carbons (Fsp3) is 0.429. The molecule has 1 aromatic heterocycles. The highest BCUT2D eigenvalue weighted by Gasteiger charge is 2.61. The summed E-state index contributed by atoms with van der Waals surface area (Å²) in [5.41, 5.74) is 1.02. The molecule has 0 saturated heterocycles. The number of nitrogens with zero attached hydrogens (tertiary/aromatic N) is 3. The summed E-state index contributed by atoms with van der Waals surface area (Å²) in [6.45, 7) is 0.537. The van der Waals surface area contributed by atoms with Crippen molar-refractivity contribution in [1.29, 1.82) is 0 Å². The second-order valence-corrected chi connectivity index (χ2v) is 12.5. The molecule has 2 saturated carbocycles. The number of benzene rings is 2. The molecule has 3 aliphatic rings. The molecule has 2 N–H and O–H groups in total. The Morgan fingerprint density at radius 2 is 1.84 bits per heavy atom. The number of carboxylic acid groups (broad SMARTS) is 1. The number of hydrogen-bond donors (Lipinski definition) is 2. The molecule has 10 heteroatoms. The Hall–Kier alpha value is -4.44. The van der Waals surface area contributed by atoms with Crippen molar-refractivity contribution in [1.82, 2.24) is 20.3 Å². The fourth-order valence-corrected chi connectivity index (χ4v) is 6.75. The maximum Gasteiger partial charge on any atom is 0.330 e. The van der Waals surface area contributed by atoms with Crippen molar-refractivity contribution in [2.75, 3.05) is 27.7 Å². The summed E-state index contributed by atoms with van der Waals surface area (Å²) < 4.78 is 12.1. The van der Waals surface area contributed by atoms with Gasteiger partial charge in [0.05, 0.1) is 30.2 Å². The van der Waals surface area contributed by atoms with E-state index in [1.165, 1.54) is 0 Å². The highest BCUT2D eigenvalue weighted by molar-refractivity contribution is 5.94. The first kappa shape index (κ1) is 30.6. The Labute approximate surface area is 263 Å². The third-order valence-corrected chi connectivity index (χ3v) is 9.35. The molecule has 2 unspecified atom stereocenters. The van der Waals surface area contributed by atoms with Gasteiger partial charge >= 0.3 is 5.97 Å². The lowest BCUT2D eigenvalue weighted by Gasteiger charge is -2.33. The summed E-state index contributed by atoms with van der Waals surface area (Å²) in [5.74, 6) is -2.01. The quantitative estimate of drug-likeness (QED) is 0.385. The third kappa shape index (κ3) is 6.11. The van der Waals surface area contributed by atoms with E-state index in [-0.39, 0.29) is 18.2 Å². The number of ether oxygens (including phenoxy) is 2. The fourth-order valence-electron chi connectivity index (χ4n) is 6.75. The van der Waals surface area contributed by atoms with Crippen LogP contribution in [0.15, 0.2) is 66.7 Å². The topological polar surface area (TPSA) is 121 Å². The Morgan fingerprint density at radius 1 is 1.07 bits per heavy atom. The van der Waals surface area contributed by atoms with Crippen LogP contribution in [-0.2, 0) is 14.4 Å². The second kappa shape index (κ2) is 12.5. The molecule has 2 fully saturated rings. The summed E-state index contributed by atoms with van der Waals surface area (Å²) in [6, 6.07) is 17.3. The SMILES string of the molecule is COc1ccc2c(O[C@@H]3C[C@H]4C(=O)NC5(C(=O)O)CC5C=CCCCCN(N(C)C)C(=O)[C@@H]4C3)cc(-c3ccccc3)nc2c1. The monoisotopic (exact) mass is 612 g/mol. The van der Waals surface area contributed by atoms with E-state index in [4.69, 9.17) is 14.5 Å². The van der Waals surface area contributed by atoms with Gasteiger partial charge in [0.1, 0.15) is 23.1 Å². The smallest absolute Gasteiger partial charge is 0.330 e. The predicted octanol–water partition coefficient (Wildman–Crippen LogP) is 4.69. The van der Waals surface area contributed by atoms with Crippen LogP contribution in [0.1, 0.15) is 38.5 Å². The molecule has 0 spiro atoms. The average molecular weight is 613 g/mol. The van der Waals surface area contributed by atoms with Gasteiger partial charge in [-0.2, -0.15) is 0 Å². The van der Waals surface area contributed by atoms with Crippen LogP contribution < -0.4 is 14.8 Å². The molecule has 2 amide bonds. The molecule has 0 bridgehead atoms. The molecule has 2 aromatic carbocycles. The number of nitrogens with one attached hydrogen (secondary N) is 1. The van der Waals surface area contributed by atoms with Crippen LogP contribution >= 0.6 is 0 Å². The largest absolute Gasteiger partial charge is 0.497 e. The lowest BCUT2D eigenvalue weighted by molar-refractivity contribution is -0.153. The number of aromatic nitrogens is 1. The van der Waals surface area contributed by atoms with Gasteiger partial charge in [-0.15, -0.1) is 0 Å². The summed E-state index contributed by atoms with van der Waals surface area (Å²) in [7, 11) is 5.27. The van der Waals surface area contributed by atoms with Crippen LogP contribution in [0.4, 0.5) is 0 Å². The van der Waals surface area contributed by atoms with Crippen LogP contribution in [0.25, 0.3) is 22.2 Å². The van der Waals surface area contributed by atoms with E-state index in [9.17, 15) is 19.5 Å². The molecule has 45 heavy (non-hydrogen) atoms. The molecule has 2 heterocycles. The van der Waals surface area contributed by atoms with E-state index in [2.05, 4.69) is 5.32 Å². The van der Waals surface area contributed by atoms with Crippen molar-refractivity contribution in [3.63, 3.8) is 0 Å². The highest BCUT2D eigenvalue weighted by Crippen LogP contribution is 2.47. The van der Waals surface area contributed by atoms with Gasteiger partial charge in [0.15, 0.2) is 0 Å². The number of aliphatic carboxylic acids is 1. The number of allylic oxidation sites excluding steroid dienone is 1. The zero-order valence-corrected chi connectivity index (χ0v) is 25.9. The van der Waals surface area contributed by atoms with Crippen molar-refractivity contribution in [2.24, 2.45) is 17.8 Å². The number of amides is 2. The first-order valence-electron chi connectivity index (χ1n) is 15.6. The van der Waals surface area contributed by atoms with Crippen molar-refractivity contribution in [2.45, 2.75) is 50.2 Å². The minimum atomic E-state index is -1.34. The first-order chi connectivity index (χ1) is 21.7. The minimum Gasteiger partial charge on any atom is -0.497 e. The Kier molecular flexibility index (Phi) is 8.50. The van der Waals surface area contributed by atoms with E-state index in [1.54, 1.807) is 17.1 Å². The molecular formula is C35H40N4O6. The van der Waals surface area contributed by atoms with Crippen LogP contribution in [0.2, 0.25) is 0 Å². The number of fused-ring (bicyclic) bond motifs is 3. The lowest BCUT2D eigenvalue weighted by Crippen LogP contribution is -2.51. The number of methoxy groups -OCH3 is 1. The number of carboxylic acids is 1. The summed E-state index contributed by atoms with van der Waals surface area (Å²) in [5, 5.41) is 17.2. The Morgan fingerprint density at radius 3 is 2.58 bits per heavy atom. The first-order valence-corrected chi connectivity index (χ1v) is 15.6. The predicted molar refractivity (Wildman–Crippen MR) is 169 cm³/mol. The zero-order chi connectivity index (χ0) is 31.7. The lowest BCUT2D eigenvalue weighted by atomic mass is 9.93. The number of carbonyl (C=O) groups excluding carboxylic acids is 2. The van der Waals surface area contributed by atoms with Crippen molar-refractivity contribution < 1.29 is 29.0 Å². The van der Waals surface area contributed by atoms with Crippen molar-refractivity contribution >= 4 is 28.7 Å². The van der Waals surface area contributed by atoms with Gasteiger partial charge in [-0.3, -0.25) is 14.6 Å². The number of rotatable bonds is 6. The van der Waals surface area contributed by atoms with Crippen molar-refractivity contribution in [3.05, 3.63) is 66.7 Å². The summed E-state index contributed by atoms with van der Waals surface area (Å²) >= 11 is 0. The third-order valence-electron chi connectivity index (χ3n) is 9.35. The van der Waals surface area contributed by atoms with Gasteiger partial charge < -0.3 is 19.9 Å². The number of pyridine rings is 1. The van der Waals surface area contributed by atoms with Gasteiger partial charge in [0, 0.05) is 49.6 Å². The maximum absolute atomic E-state index is 14.1. The van der Waals surface area contributed by atoms with Gasteiger partial charge in [-0.25, -0.2) is 14.8 Å². The maximum atomic E-state index is 14.1.